The SMILES string of the molecule is [2H]C1=C(c2cc(F)ccc2CO)CCCC1(C)C. The van der Waals surface area contributed by atoms with Crippen LogP contribution in [0.15, 0.2) is 24.3 Å². The molecule has 0 aromatic heterocycles. The predicted octanol–water partition coefficient (Wildman–Crippen LogP) is 3.91. The predicted molar refractivity (Wildman–Crippen MR) is 67.9 cm³/mol. The maximum absolute atomic E-state index is 13.4. The Morgan fingerprint density at radius 3 is 2.94 bits per heavy atom. The number of rotatable bonds is 2. The van der Waals surface area contributed by atoms with Crippen LogP contribution < -0.4 is 0 Å². The molecule has 1 aliphatic carbocycles. The Kier molecular flexibility index (Phi) is 2.98. The van der Waals surface area contributed by atoms with Crippen molar-refractivity contribution in [1.29, 1.82) is 0 Å². The number of hydrogen-bond acceptors (Lipinski definition) is 1. The van der Waals surface area contributed by atoms with E-state index in [1.165, 1.54) is 12.1 Å². The summed E-state index contributed by atoms with van der Waals surface area (Å²) in [5.74, 6) is -0.314. The van der Waals surface area contributed by atoms with Gasteiger partial charge in [-0.2, -0.15) is 0 Å². The summed E-state index contributed by atoms with van der Waals surface area (Å²) in [6.07, 6.45) is 2.78. The summed E-state index contributed by atoms with van der Waals surface area (Å²) in [5.41, 5.74) is 2.13. The van der Waals surface area contributed by atoms with Crippen molar-refractivity contribution in [3.8, 4) is 0 Å². The Labute approximate surface area is 103 Å². The van der Waals surface area contributed by atoms with Gasteiger partial charge in [-0.25, -0.2) is 4.39 Å². The van der Waals surface area contributed by atoms with E-state index >= 15 is 0 Å². The van der Waals surface area contributed by atoms with Crippen molar-refractivity contribution in [2.24, 2.45) is 5.41 Å². The Morgan fingerprint density at radius 1 is 1.47 bits per heavy atom. The lowest BCUT2D eigenvalue weighted by atomic mass is 9.77. The minimum absolute atomic E-state index is 0.118. The molecular weight excluding hydrogens is 215 g/mol. The van der Waals surface area contributed by atoms with Gasteiger partial charge in [0.25, 0.3) is 0 Å². The first-order valence-electron chi connectivity index (χ1n) is 6.55. The fraction of sp³-hybridized carbons (Fsp3) is 0.467. The van der Waals surface area contributed by atoms with Crippen molar-refractivity contribution in [3.05, 3.63) is 41.2 Å². The molecule has 92 valence electrons. The van der Waals surface area contributed by atoms with Crippen LogP contribution in [0.4, 0.5) is 4.39 Å². The Balaban J connectivity index is 2.57. The van der Waals surface area contributed by atoms with Gasteiger partial charge in [0.05, 0.1) is 7.98 Å². The second-order valence-corrected chi connectivity index (χ2v) is 5.30. The number of aliphatic hydroxyl groups excluding tert-OH is 1. The second-order valence-electron chi connectivity index (χ2n) is 5.30. The molecule has 17 heavy (non-hydrogen) atoms. The maximum Gasteiger partial charge on any atom is 0.123 e. The second kappa shape index (κ2) is 4.61. The molecule has 1 N–H and O–H groups in total. The minimum Gasteiger partial charge on any atom is -0.392 e. The summed E-state index contributed by atoms with van der Waals surface area (Å²) in [6, 6.07) is 4.98. The van der Waals surface area contributed by atoms with Gasteiger partial charge in [0, 0.05) is 0 Å². The Bertz CT molecular complexity index is 491. The summed E-state index contributed by atoms with van der Waals surface area (Å²) >= 11 is 0. The van der Waals surface area contributed by atoms with Crippen molar-refractivity contribution in [2.75, 3.05) is 0 Å². The maximum atomic E-state index is 13.4. The van der Waals surface area contributed by atoms with Gasteiger partial charge < -0.3 is 5.11 Å². The molecule has 1 aromatic carbocycles. The van der Waals surface area contributed by atoms with Gasteiger partial charge in [-0.3, -0.25) is 0 Å². The average molecular weight is 235 g/mol. The lowest BCUT2D eigenvalue weighted by molar-refractivity contribution is 0.281. The molecule has 0 fully saturated rings. The number of benzene rings is 1. The standard InChI is InChI=1S/C15H19FO/c1-15(2)7-3-4-11(9-15)14-8-13(16)6-5-12(14)10-17/h5-6,8-9,17H,3-4,7,10H2,1-2H3/i9D. The highest BCUT2D eigenvalue weighted by atomic mass is 19.1. The van der Waals surface area contributed by atoms with E-state index in [4.69, 9.17) is 1.37 Å². The van der Waals surface area contributed by atoms with Crippen LogP contribution in [0.1, 0.15) is 45.6 Å². The van der Waals surface area contributed by atoms with Gasteiger partial charge in [0.15, 0.2) is 0 Å². The molecule has 0 unspecified atom stereocenters. The number of hydrogen-bond donors (Lipinski definition) is 1. The highest BCUT2D eigenvalue weighted by Gasteiger charge is 2.22. The zero-order valence-electron chi connectivity index (χ0n) is 11.4. The van der Waals surface area contributed by atoms with E-state index in [-0.39, 0.29) is 17.8 Å². The Hall–Kier alpha value is -1.15. The molecule has 0 saturated heterocycles. The highest BCUT2D eigenvalue weighted by molar-refractivity contribution is 5.69. The van der Waals surface area contributed by atoms with Gasteiger partial charge in [0.2, 0.25) is 0 Å². The molecule has 0 amide bonds. The average Bonchev–Trinajstić information content (AvgIpc) is 2.32. The van der Waals surface area contributed by atoms with Crippen molar-refractivity contribution in [3.63, 3.8) is 0 Å². The zero-order valence-corrected chi connectivity index (χ0v) is 10.4. The van der Waals surface area contributed by atoms with Gasteiger partial charge >= 0.3 is 0 Å². The molecule has 1 aromatic rings. The number of allylic oxidation sites excluding steroid dienone is 2. The normalized spacial score (nSPS) is 20.4. The van der Waals surface area contributed by atoms with Crippen LogP contribution in [-0.2, 0) is 6.61 Å². The van der Waals surface area contributed by atoms with Crippen LogP contribution in [0.2, 0.25) is 0 Å². The van der Waals surface area contributed by atoms with Crippen molar-refractivity contribution in [1.82, 2.24) is 0 Å². The summed E-state index contributed by atoms with van der Waals surface area (Å²) in [4.78, 5) is 0. The topological polar surface area (TPSA) is 20.2 Å². The lowest BCUT2D eigenvalue weighted by Gasteiger charge is -2.28. The third kappa shape index (κ3) is 2.75. The van der Waals surface area contributed by atoms with Gasteiger partial charge in [-0.1, -0.05) is 26.0 Å². The zero-order chi connectivity index (χ0) is 13.3. The molecule has 2 rings (SSSR count). The molecule has 0 radical (unpaired) electrons. The molecule has 2 heteroatoms. The van der Waals surface area contributed by atoms with Crippen LogP contribution in [-0.4, -0.2) is 5.11 Å². The fourth-order valence-corrected chi connectivity index (χ4v) is 2.41. The number of halogens is 1. The molecule has 0 bridgehead atoms. The first-order chi connectivity index (χ1) is 8.45. The van der Waals surface area contributed by atoms with Crippen molar-refractivity contribution >= 4 is 5.57 Å². The monoisotopic (exact) mass is 235 g/mol. The molecule has 1 nitrogen and oxygen atoms in total. The quantitative estimate of drug-likeness (QED) is 0.824. The van der Waals surface area contributed by atoms with Gasteiger partial charge in [-0.05, 0) is 53.5 Å². The molecular formula is C15H19FO. The fourth-order valence-electron chi connectivity index (χ4n) is 2.41. The Morgan fingerprint density at radius 2 is 2.24 bits per heavy atom. The molecule has 0 spiro atoms. The first kappa shape index (κ1) is 11.0. The van der Waals surface area contributed by atoms with E-state index in [1.807, 2.05) is 13.8 Å². The van der Waals surface area contributed by atoms with E-state index in [9.17, 15) is 9.50 Å². The van der Waals surface area contributed by atoms with Crippen LogP contribution in [0.3, 0.4) is 0 Å². The van der Waals surface area contributed by atoms with E-state index in [1.54, 1.807) is 6.07 Å². The highest BCUT2D eigenvalue weighted by Crippen LogP contribution is 2.38. The van der Waals surface area contributed by atoms with Crippen LogP contribution in [0, 0.1) is 11.2 Å². The van der Waals surface area contributed by atoms with Gasteiger partial charge in [-0.15, -0.1) is 0 Å². The molecule has 1 aliphatic rings. The molecule has 0 atom stereocenters. The van der Waals surface area contributed by atoms with E-state index < -0.39 is 0 Å². The third-order valence-electron chi connectivity index (χ3n) is 3.29. The summed E-state index contributed by atoms with van der Waals surface area (Å²) in [7, 11) is 0. The smallest absolute Gasteiger partial charge is 0.123 e. The largest absolute Gasteiger partial charge is 0.392 e. The summed E-state index contributed by atoms with van der Waals surface area (Å²) in [5, 5.41) is 9.35. The summed E-state index contributed by atoms with van der Waals surface area (Å²) in [6.45, 7) is 3.98. The van der Waals surface area contributed by atoms with Crippen LogP contribution >= 0.6 is 0 Å². The van der Waals surface area contributed by atoms with Gasteiger partial charge in [0.1, 0.15) is 5.82 Å². The molecule has 0 heterocycles. The molecule has 0 saturated carbocycles. The number of aliphatic hydroxyl groups is 1. The van der Waals surface area contributed by atoms with E-state index in [2.05, 4.69) is 0 Å². The van der Waals surface area contributed by atoms with Crippen molar-refractivity contribution in [2.45, 2.75) is 39.7 Å². The first-order valence-corrected chi connectivity index (χ1v) is 6.05. The van der Waals surface area contributed by atoms with E-state index in [0.29, 0.717) is 17.2 Å². The molecule has 0 aliphatic heterocycles. The van der Waals surface area contributed by atoms with Crippen LogP contribution in [0.25, 0.3) is 5.57 Å². The minimum atomic E-state index is -0.314. The van der Waals surface area contributed by atoms with Crippen LogP contribution in [0.5, 0.6) is 0 Å². The van der Waals surface area contributed by atoms with Crippen molar-refractivity contribution < 1.29 is 10.9 Å². The third-order valence-corrected chi connectivity index (χ3v) is 3.29. The summed E-state index contributed by atoms with van der Waals surface area (Å²) < 4.78 is 21.7. The van der Waals surface area contributed by atoms with E-state index in [0.717, 1.165) is 24.8 Å². The lowest BCUT2D eigenvalue weighted by Crippen LogP contribution is -2.13.